The Morgan fingerprint density at radius 3 is 2.93 bits per heavy atom. The summed E-state index contributed by atoms with van der Waals surface area (Å²) in [5, 5.41) is 3.15. The summed E-state index contributed by atoms with van der Waals surface area (Å²) in [6.07, 6.45) is 1.10. The molecule has 2 rings (SSSR count). The Labute approximate surface area is 84.0 Å². The molecule has 2 unspecified atom stereocenters. The van der Waals surface area contributed by atoms with Crippen LogP contribution in [-0.2, 0) is 14.3 Å². The molecule has 0 radical (unpaired) electrons. The van der Waals surface area contributed by atoms with Gasteiger partial charge in [0.1, 0.15) is 6.04 Å². The van der Waals surface area contributed by atoms with Crippen LogP contribution in [0.1, 0.15) is 20.3 Å². The first-order valence-electron chi connectivity index (χ1n) is 5.02. The number of fused-ring (bicyclic) bond motifs is 1. The van der Waals surface area contributed by atoms with E-state index in [0.717, 1.165) is 13.0 Å². The number of rotatable bonds is 1. The third kappa shape index (κ3) is 1.53. The minimum atomic E-state index is -0.174. The fraction of sp³-hybridized carbons (Fsp3) is 0.900. The van der Waals surface area contributed by atoms with E-state index in [9.17, 15) is 4.79 Å². The van der Waals surface area contributed by atoms with Crippen molar-refractivity contribution in [3.8, 4) is 0 Å². The summed E-state index contributed by atoms with van der Waals surface area (Å²) < 4.78 is 10.6. The second-order valence-corrected chi connectivity index (χ2v) is 4.69. The molecule has 0 aromatic heterocycles. The zero-order valence-electron chi connectivity index (χ0n) is 8.87. The summed E-state index contributed by atoms with van der Waals surface area (Å²) in [6, 6.07) is -0.174. The highest BCUT2D eigenvalue weighted by atomic mass is 16.5. The molecule has 0 aromatic rings. The first kappa shape index (κ1) is 9.93. The van der Waals surface area contributed by atoms with E-state index >= 15 is 0 Å². The van der Waals surface area contributed by atoms with Gasteiger partial charge < -0.3 is 14.8 Å². The van der Waals surface area contributed by atoms with Crippen molar-refractivity contribution < 1.29 is 14.3 Å². The van der Waals surface area contributed by atoms with E-state index in [1.807, 2.05) is 0 Å². The van der Waals surface area contributed by atoms with E-state index in [4.69, 9.17) is 9.47 Å². The fourth-order valence-electron chi connectivity index (χ4n) is 2.55. The zero-order chi connectivity index (χ0) is 10.3. The van der Waals surface area contributed by atoms with Gasteiger partial charge in [0.25, 0.3) is 0 Å². The summed E-state index contributed by atoms with van der Waals surface area (Å²) in [5.41, 5.74) is -0.0935. The molecule has 1 N–H and O–H groups in total. The lowest BCUT2D eigenvalue weighted by atomic mass is 9.91. The van der Waals surface area contributed by atoms with Crippen LogP contribution in [0.15, 0.2) is 0 Å². The molecule has 80 valence electrons. The minimum absolute atomic E-state index is 0.0935. The van der Waals surface area contributed by atoms with E-state index in [2.05, 4.69) is 19.2 Å². The van der Waals surface area contributed by atoms with Gasteiger partial charge in [-0.15, -0.1) is 0 Å². The molecular weight excluding hydrogens is 182 g/mol. The fourth-order valence-corrected chi connectivity index (χ4v) is 2.55. The molecule has 0 amide bonds. The molecule has 0 bridgehead atoms. The van der Waals surface area contributed by atoms with Gasteiger partial charge in [-0.05, 0) is 20.3 Å². The second-order valence-electron chi connectivity index (χ2n) is 4.69. The molecule has 4 nitrogen and oxygen atoms in total. The van der Waals surface area contributed by atoms with Gasteiger partial charge >= 0.3 is 5.97 Å². The number of nitrogens with one attached hydrogen (secondary N) is 1. The lowest BCUT2D eigenvalue weighted by Gasteiger charge is -2.20. The Bertz CT molecular complexity index is 252. The van der Waals surface area contributed by atoms with Gasteiger partial charge in [0.2, 0.25) is 0 Å². The monoisotopic (exact) mass is 199 g/mol. The maximum atomic E-state index is 11.4. The van der Waals surface area contributed by atoms with Crippen molar-refractivity contribution in [1.29, 1.82) is 0 Å². The molecular formula is C10H17NO3. The lowest BCUT2D eigenvalue weighted by Crippen LogP contribution is -2.38. The van der Waals surface area contributed by atoms with Gasteiger partial charge in [-0.25, -0.2) is 0 Å². The predicted octanol–water partition coefficient (Wildman–Crippen LogP) is 0.315. The van der Waals surface area contributed by atoms with Gasteiger partial charge in [-0.3, -0.25) is 4.79 Å². The van der Waals surface area contributed by atoms with Crippen molar-refractivity contribution in [1.82, 2.24) is 5.32 Å². The highest BCUT2D eigenvalue weighted by Crippen LogP contribution is 2.39. The van der Waals surface area contributed by atoms with Gasteiger partial charge in [0.05, 0.1) is 18.8 Å². The van der Waals surface area contributed by atoms with Crippen LogP contribution in [0.3, 0.4) is 0 Å². The van der Waals surface area contributed by atoms with Crippen molar-refractivity contribution >= 4 is 5.97 Å². The average Bonchev–Trinajstić information content (AvgIpc) is 2.58. The van der Waals surface area contributed by atoms with Crippen LogP contribution in [0.4, 0.5) is 0 Å². The standard InChI is InChI=1S/C10H17NO3/c1-10(2)4-6-7(14-10)5-11-8(6)9(12)13-3/h6-8,11H,4-5H2,1-3H3/t6?,7?,8-/m0/s1. The van der Waals surface area contributed by atoms with Gasteiger partial charge in [-0.2, -0.15) is 0 Å². The van der Waals surface area contributed by atoms with Gasteiger partial charge in [0.15, 0.2) is 0 Å². The van der Waals surface area contributed by atoms with Crippen LogP contribution in [0.5, 0.6) is 0 Å². The highest BCUT2D eigenvalue weighted by molar-refractivity contribution is 5.76. The van der Waals surface area contributed by atoms with Crippen LogP contribution in [0.2, 0.25) is 0 Å². The lowest BCUT2D eigenvalue weighted by molar-refractivity contribution is -0.143. The molecule has 0 aromatic carbocycles. The van der Waals surface area contributed by atoms with E-state index in [1.165, 1.54) is 7.11 Å². The first-order chi connectivity index (χ1) is 6.53. The maximum absolute atomic E-state index is 11.4. The normalized spacial score (nSPS) is 39.5. The number of methoxy groups -OCH3 is 1. The van der Waals surface area contributed by atoms with Crippen LogP contribution < -0.4 is 5.32 Å². The number of hydrogen-bond acceptors (Lipinski definition) is 4. The molecule has 2 heterocycles. The molecule has 3 atom stereocenters. The number of carbonyl (C=O) groups excluding carboxylic acids is 1. The Balaban J connectivity index is 2.08. The van der Waals surface area contributed by atoms with Crippen LogP contribution in [0.25, 0.3) is 0 Å². The predicted molar refractivity (Wildman–Crippen MR) is 50.9 cm³/mol. The van der Waals surface area contributed by atoms with Crippen molar-refractivity contribution in [2.75, 3.05) is 13.7 Å². The number of esters is 1. The molecule has 2 aliphatic rings. The molecule has 2 saturated heterocycles. The molecule has 0 spiro atoms. The van der Waals surface area contributed by atoms with Gasteiger partial charge in [0, 0.05) is 12.5 Å². The van der Waals surface area contributed by atoms with Gasteiger partial charge in [-0.1, -0.05) is 0 Å². The Morgan fingerprint density at radius 2 is 2.29 bits per heavy atom. The first-order valence-corrected chi connectivity index (χ1v) is 5.02. The number of ether oxygens (including phenoxy) is 2. The number of hydrogen-bond donors (Lipinski definition) is 1. The third-order valence-corrected chi connectivity index (χ3v) is 3.10. The SMILES string of the molecule is COC(=O)[C@H]1NCC2OC(C)(C)CC21. The zero-order valence-corrected chi connectivity index (χ0v) is 8.87. The van der Waals surface area contributed by atoms with Crippen LogP contribution in [0, 0.1) is 5.92 Å². The van der Waals surface area contributed by atoms with Crippen molar-refractivity contribution in [3.63, 3.8) is 0 Å². The van der Waals surface area contributed by atoms with Crippen LogP contribution >= 0.6 is 0 Å². The Hall–Kier alpha value is -0.610. The average molecular weight is 199 g/mol. The summed E-state index contributed by atoms with van der Waals surface area (Å²) in [6.45, 7) is 4.90. The molecule has 2 fully saturated rings. The van der Waals surface area contributed by atoms with Crippen molar-refractivity contribution in [2.45, 2.75) is 38.0 Å². The maximum Gasteiger partial charge on any atom is 0.323 e. The van der Waals surface area contributed by atoms with E-state index in [1.54, 1.807) is 0 Å². The summed E-state index contributed by atoms with van der Waals surface area (Å²) >= 11 is 0. The molecule has 4 heteroatoms. The minimum Gasteiger partial charge on any atom is -0.468 e. The molecule has 0 aliphatic carbocycles. The molecule has 0 saturated carbocycles. The van der Waals surface area contributed by atoms with Crippen molar-refractivity contribution in [3.05, 3.63) is 0 Å². The smallest absolute Gasteiger partial charge is 0.323 e. The van der Waals surface area contributed by atoms with Crippen molar-refractivity contribution in [2.24, 2.45) is 5.92 Å². The molecule has 2 aliphatic heterocycles. The quantitative estimate of drug-likeness (QED) is 0.618. The Kier molecular flexibility index (Phi) is 2.27. The highest BCUT2D eigenvalue weighted by Gasteiger charge is 2.50. The third-order valence-electron chi connectivity index (χ3n) is 3.10. The topological polar surface area (TPSA) is 47.6 Å². The van der Waals surface area contributed by atoms with E-state index < -0.39 is 0 Å². The largest absolute Gasteiger partial charge is 0.468 e. The summed E-state index contributed by atoms with van der Waals surface area (Å²) in [5.74, 6) is 0.108. The molecule has 14 heavy (non-hydrogen) atoms. The summed E-state index contributed by atoms with van der Waals surface area (Å²) in [7, 11) is 1.43. The van der Waals surface area contributed by atoms with E-state index in [-0.39, 0.29) is 29.6 Å². The number of carbonyl (C=O) groups is 1. The van der Waals surface area contributed by atoms with Crippen LogP contribution in [-0.4, -0.2) is 37.4 Å². The van der Waals surface area contributed by atoms with E-state index in [0.29, 0.717) is 0 Å². The second kappa shape index (κ2) is 3.21. The summed E-state index contributed by atoms with van der Waals surface area (Å²) in [4.78, 5) is 11.4. The Morgan fingerprint density at radius 1 is 1.57 bits per heavy atom.